The van der Waals surface area contributed by atoms with Crippen molar-refractivity contribution in [2.24, 2.45) is 0 Å². The van der Waals surface area contributed by atoms with Gasteiger partial charge in [0, 0.05) is 60.1 Å². The maximum Gasteiger partial charge on any atom is 0.428 e. The summed E-state index contributed by atoms with van der Waals surface area (Å²) in [5.41, 5.74) is 0. The van der Waals surface area contributed by atoms with Crippen LogP contribution in [0, 0.1) is 107 Å². The van der Waals surface area contributed by atoms with Gasteiger partial charge in [0.05, 0.1) is 0 Å². The third-order valence-electron chi connectivity index (χ3n) is 2.19. The van der Waals surface area contributed by atoms with Gasteiger partial charge in [0.25, 0.3) is 0 Å². The molecule has 0 bridgehead atoms. The van der Waals surface area contributed by atoms with Crippen molar-refractivity contribution in [2.75, 3.05) is 6.54 Å². The lowest BCUT2D eigenvalue weighted by molar-refractivity contribution is 0.164. The first kappa shape index (κ1) is 19.8. The Morgan fingerprint density at radius 3 is 1.67 bits per heavy atom. The van der Waals surface area contributed by atoms with Crippen LogP contribution in [0.1, 0.15) is 0 Å². The molecule has 3 heteroatoms. The third kappa shape index (κ3) is 11.0. The second kappa shape index (κ2) is 14.4. The smallest absolute Gasteiger partial charge is 0.354 e. The first-order valence-electron chi connectivity index (χ1n) is 7.11. The quantitative estimate of drug-likeness (QED) is 0.618. The molecule has 0 saturated heterocycles. The van der Waals surface area contributed by atoms with Crippen LogP contribution in [0.4, 0.5) is 4.79 Å². The number of carbonyl (C=O) groups is 1. The van der Waals surface area contributed by atoms with E-state index in [1.165, 1.54) is 4.90 Å². The minimum atomic E-state index is -0.574. The number of carbonyl (C=O) groups excluding carboxylic acids is 1. The summed E-state index contributed by atoms with van der Waals surface area (Å²) in [5, 5.41) is 0. The Bertz CT molecular complexity index is 1190. The lowest BCUT2D eigenvalue weighted by Gasteiger charge is -2.14. The summed E-state index contributed by atoms with van der Waals surface area (Å²) in [6, 6.07) is 0. The van der Waals surface area contributed by atoms with E-state index in [-0.39, 0.29) is 0 Å². The van der Waals surface area contributed by atoms with Gasteiger partial charge in [-0.2, -0.15) is 0 Å². The Balaban J connectivity index is 2.37. The number of allylic oxidation sites excluding steroid dienone is 2. The van der Waals surface area contributed by atoms with E-state index >= 15 is 0 Å². The number of hydrogen-bond acceptors (Lipinski definition) is 2. The first-order chi connectivity index (χ1) is 13.3. The van der Waals surface area contributed by atoms with Gasteiger partial charge >= 0.3 is 6.09 Å². The highest BCUT2D eigenvalue weighted by molar-refractivity contribution is 5.70. The molecule has 0 aromatic heterocycles. The van der Waals surface area contributed by atoms with E-state index < -0.39 is 6.09 Å². The topological polar surface area (TPSA) is 29.5 Å². The molecule has 1 aliphatic heterocycles. The van der Waals surface area contributed by atoms with Gasteiger partial charge in [-0.25, -0.2) is 4.79 Å². The van der Waals surface area contributed by atoms with E-state index in [4.69, 9.17) is 11.2 Å². The average molecular weight is 341 g/mol. The van der Waals surface area contributed by atoms with Crippen molar-refractivity contribution < 1.29 is 9.53 Å². The lowest BCUT2D eigenvalue weighted by Crippen LogP contribution is -2.26. The van der Waals surface area contributed by atoms with Crippen molar-refractivity contribution in [2.45, 2.75) is 0 Å². The van der Waals surface area contributed by atoms with Gasteiger partial charge in [-0.1, -0.05) is 12.2 Å². The summed E-state index contributed by atoms with van der Waals surface area (Å²) in [4.78, 5) is 12.9. The lowest BCUT2D eigenvalue weighted by atomic mass is 10.4. The minimum absolute atomic E-state index is 0.440. The third-order valence-corrected chi connectivity index (χ3v) is 2.19. The molecule has 0 saturated carbocycles. The van der Waals surface area contributed by atoms with Gasteiger partial charge in [-0.3, -0.25) is 4.90 Å². The monoisotopic (exact) mass is 341 g/mol. The molecule has 1 amide bonds. The summed E-state index contributed by atoms with van der Waals surface area (Å²) >= 11 is 0. The van der Waals surface area contributed by atoms with Gasteiger partial charge in [0.15, 0.2) is 0 Å². The molecule has 1 heterocycles. The summed E-state index contributed by atoms with van der Waals surface area (Å²) in [7, 11) is 0. The van der Waals surface area contributed by atoms with Crippen molar-refractivity contribution >= 4 is 6.09 Å². The Morgan fingerprint density at radius 2 is 1.22 bits per heavy atom. The number of nitrogens with zero attached hydrogens (tertiary/aromatic N) is 1. The molecular weight excluding hydrogens is 334 g/mol. The fraction of sp³-hybridized carbons (Fsp3) is 0.0417. The van der Waals surface area contributed by atoms with Crippen LogP contribution in [0.3, 0.4) is 0 Å². The van der Waals surface area contributed by atoms with Crippen molar-refractivity contribution in [3.8, 4) is 107 Å². The molecule has 0 spiro atoms. The van der Waals surface area contributed by atoms with Gasteiger partial charge < -0.3 is 4.74 Å². The summed E-state index contributed by atoms with van der Waals surface area (Å²) in [6.07, 6.45) is 13.5. The van der Waals surface area contributed by atoms with Gasteiger partial charge in [-0.15, -0.1) is 6.42 Å². The molecule has 0 aliphatic carbocycles. The van der Waals surface area contributed by atoms with Crippen molar-refractivity contribution in [1.82, 2.24) is 4.90 Å². The summed E-state index contributed by atoms with van der Waals surface area (Å²) in [6.45, 7) is 0.440. The van der Waals surface area contributed by atoms with E-state index in [9.17, 15) is 4.79 Å². The zero-order chi connectivity index (χ0) is 19.4. The Hall–Kier alpha value is -5.21. The van der Waals surface area contributed by atoms with Crippen LogP contribution in [0.25, 0.3) is 0 Å². The van der Waals surface area contributed by atoms with E-state index in [0.717, 1.165) is 0 Å². The minimum Gasteiger partial charge on any atom is -0.354 e. The molecule has 0 radical (unpaired) electrons. The molecular formula is C24H7NO2. The molecule has 1 rings (SSSR count). The standard InChI is InChI=1S/C24H7NO2/c1-2-3-4-5-6-7-8-9-10-11-12-13-14-15-16-20-23-27-24(26)25-21-18-17-19-22-25/h1,17-19,21H,22H2. The van der Waals surface area contributed by atoms with Crippen LogP contribution in [-0.4, -0.2) is 17.5 Å². The fourth-order valence-electron chi connectivity index (χ4n) is 1.20. The van der Waals surface area contributed by atoms with E-state index in [0.29, 0.717) is 6.54 Å². The molecule has 3 nitrogen and oxygen atoms in total. The SMILES string of the molecule is C#CC#CC#CC#CC#CC#CC#CC#CC#COC(=O)N1C=CC=CC1. The predicted octanol–water partition coefficient (Wildman–Crippen LogP) is 1.13. The predicted molar refractivity (Wildman–Crippen MR) is 103 cm³/mol. The maximum absolute atomic E-state index is 11.5. The van der Waals surface area contributed by atoms with Crippen LogP contribution in [0.15, 0.2) is 24.4 Å². The molecule has 0 aromatic rings. The van der Waals surface area contributed by atoms with Crippen molar-refractivity contribution in [1.29, 1.82) is 0 Å². The van der Waals surface area contributed by atoms with Crippen LogP contribution < -0.4 is 0 Å². The van der Waals surface area contributed by atoms with E-state index in [1.54, 1.807) is 12.3 Å². The Kier molecular flexibility index (Phi) is 10.6. The highest BCUT2D eigenvalue weighted by Gasteiger charge is 2.10. The van der Waals surface area contributed by atoms with Crippen LogP contribution in [0.2, 0.25) is 0 Å². The molecule has 0 fully saturated rings. The number of terminal acetylenes is 1. The van der Waals surface area contributed by atoms with Crippen LogP contribution in [-0.2, 0) is 4.74 Å². The highest BCUT2D eigenvalue weighted by atomic mass is 16.5. The first-order valence-corrected chi connectivity index (χ1v) is 7.11. The largest absolute Gasteiger partial charge is 0.428 e. The molecule has 27 heavy (non-hydrogen) atoms. The number of rotatable bonds is 0. The number of amides is 1. The zero-order valence-corrected chi connectivity index (χ0v) is 13.9. The van der Waals surface area contributed by atoms with Crippen LogP contribution in [0.5, 0.6) is 0 Å². The number of hydrogen-bond donors (Lipinski definition) is 0. The normalized spacial score (nSPS) is 8.19. The highest BCUT2D eigenvalue weighted by Crippen LogP contribution is 2.00. The van der Waals surface area contributed by atoms with Gasteiger partial charge in [-0.05, 0) is 53.4 Å². The molecule has 1 aliphatic rings. The van der Waals surface area contributed by atoms with Crippen molar-refractivity contribution in [3.05, 3.63) is 24.4 Å². The second-order valence-electron chi connectivity index (χ2n) is 3.91. The van der Waals surface area contributed by atoms with Gasteiger partial charge in [0.2, 0.25) is 0 Å². The van der Waals surface area contributed by atoms with E-state index in [2.05, 4.69) is 101 Å². The van der Waals surface area contributed by atoms with Crippen molar-refractivity contribution in [3.63, 3.8) is 0 Å². The summed E-state index contributed by atoms with van der Waals surface area (Å²) < 4.78 is 4.71. The second-order valence-corrected chi connectivity index (χ2v) is 3.91. The van der Waals surface area contributed by atoms with E-state index in [1.807, 2.05) is 12.2 Å². The average Bonchev–Trinajstić information content (AvgIpc) is 2.70. The molecule has 120 valence electrons. The zero-order valence-electron chi connectivity index (χ0n) is 13.9. The summed E-state index contributed by atoms with van der Waals surface area (Å²) in [5.74, 6) is 38.6. The maximum atomic E-state index is 11.5. The Labute approximate surface area is 159 Å². The Morgan fingerprint density at radius 1 is 0.741 bits per heavy atom. The van der Waals surface area contributed by atoms with Gasteiger partial charge in [0.1, 0.15) is 6.11 Å². The fourth-order valence-corrected chi connectivity index (χ4v) is 1.20. The molecule has 0 N–H and O–H groups in total. The number of ether oxygens (including phenoxy) is 1. The molecule has 0 atom stereocenters. The molecule has 0 unspecified atom stereocenters. The molecule has 0 aromatic carbocycles. The van der Waals surface area contributed by atoms with Crippen LogP contribution >= 0.6 is 0 Å².